The third kappa shape index (κ3) is 3.61. The van der Waals surface area contributed by atoms with Crippen LogP contribution in [-0.4, -0.2) is 20.0 Å². The number of anilines is 1. The van der Waals surface area contributed by atoms with Gasteiger partial charge in [-0.25, -0.2) is 8.78 Å². The largest absolute Gasteiger partial charge is 0.378 e. The summed E-state index contributed by atoms with van der Waals surface area (Å²) in [6, 6.07) is 9.84. The molecular weight excluding hydrogens is 286 g/mol. The third-order valence-corrected chi connectivity index (χ3v) is 3.42. The molecule has 0 saturated carbocycles. The van der Waals surface area contributed by atoms with E-state index in [1.54, 1.807) is 19.1 Å². The first-order valence-corrected chi connectivity index (χ1v) is 6.91. The van der Waals surface area contributed by atoms with E-state index in [9.17, 15) is 13.6 Å². The number of hydrogen-bond acceptors (Lipinski definition) is 2. The summed E-state index contributed by atoms with van der Waals surface area (Å²) in [6.07, 6.45) is 0. The normalized spacial score (nSPS) is 11.9. The first kappa shape index (κ1) is 15.9. The van der Waals surface area contributed by atoms with Gasteiger partial charge in [0.1, 0.15) is 11.6 Å². The highest BCUT2D eigenvalue weighted by Gasteiger charge is 2.15. The highest BCUT2D eigenvalue weighted by Crippen LogP contribution is 2.19. The molecule has 0 radical (unpaired) electrons. The number of halogens is 2. The molecule has 1 atom stereocenters. The number of hydrogen-bond donors (Lipinski definition) is 1. The van der Waals surface area contributed by atoms with Gasteiger partial charge in [0, 0.05) is 37.0 Å². The molecule has 22 heavy (non-hydrogen) atoms. The maximum atomic E-state index is 13.7. The summed E-state index contributed by atoms with van der Waals surface area (Å²) in [7, 11) is 3.82. The van der Waals surface area contributed by atoms with Crippen LogP contribution in [0.3, 0.4) is 0 Å². The van der Waals surface area contributed by atoms with Gasteiger partial charge in [0.15, 0.2) is 0 Å². The molecule has 1 amide bonds. The lowest BCUT2D eigenvalue weighted by Crippen LogP contribution is -2.27. The van der Waals surface area contributed by atoms with Crippen LogP contribution in [0.1, 0.15) is 28.9 Å². The molecule has 116 valence electrons. The Kier molecular flexibility index (Phi) is 4.75. The summed E-state index contributed by atoms with van der Waals surface area (Å²) in [5, 5.41) is 2.71. The molecule has 0 spiro atoms. The molecule has 0 bridgehead atoms. The fraction of sp³-hybridized carbons (Fsp3) is 0.235. The Morgan fingerprint density at radius 2 is 1.73 bits per heavy atom. The lowest BCUT2D eigenvalue weighted by atomic mass is 10.1. The number of nitrogens with zero attached hydrogens (tertiary/aromatic N) is 1. The molecule has 1 N–H and O–H groups in total. The van der Waals surface area contributed by atoms with Crippen molar-refractivity contribution >= 4 is 11.6 Å². The van der Waals surface area contributed by atoms with Crippen LogP contribution in [0.4, 0.5) is 14.5 Å². The van der Waals surface area contributed by atoms with Gasteiger partial charge >= 0.3 is 0 Å². The monoisotopic (exact) mass is 304 g/mol. The van der Waals surface area contributed by atoms with E-state index in [2.05, 4.69) is 5.32 Å². The van der Waals surface area contributed by atoms with Crippen LogP contribution in [0.25, 0.3) is 0 Å². The Balaban J connectivity index is 2.10. The van der Waals surface area contributed by atoms with E-state index >= 15 is 0 Å². The Morgan fingerprint density at radius 3 is 2.27 bits per heavy atom. The molecular formula is C17H18F2N2O. The van der Waals surface area contributed by atoms with Crippen LogP contribution in [0.5, 0.6) is 0 Å². The van der Waals surface area contributed by atoms with Crippen molar-refractivity contribution in [1.82, 2.24) is 5.32 Å². The summed E-state index contributed by atoms with van der Waals surface area (Å²) < 4.78 is 26.6. The predicted molar refractivity (Wildman–Crippen MR) is 83.0 cm³/mol. The van der Waals surface area contributed by atoms with Gasteiger partial charge in [-0.2, -0.15) is 0 Å². The van der Waals surface area contributed by atoms with Gasteiger partial charge in [0.05, 0.1) is 6.04 Å². The average Bonchev–Trinajstić information content (AvgIpc) is 2.47. The molecule has 0 aliphatic heterocycles. The number of benzene rings is 2. The summed E-state index contributed by atoms with van der Waals surface area (Å²) in [6.45, 7) is 1.66. The van der Waals surface area contributed by atoms with E-state index in [0.29, 0.717) is 5.56 Å². The van der Waals surface area contributed by atoms with Gasteiger partial charge in [0.25, 0.3) is 5.91 Å². The van der Waals surface area contributed by atoms with Gasteiger partial charge in [-0.3, -0.25) is 4.79 Å². The average molecular weight is 304 g/mol. The SMILES string of the molecule is CC(NC(=O)c1ccc(N(C)C)cc1)c1ccc(F)cc1F. The maximum Gasteiger partial charge on any atom is 0.251 e. The fourth-order valence-electron chi connectivity index (χ4n) is 2.12. The van der Waals surface area contributed by atoms with Crippen LogP contribution in [0.2, 0.25) is 0 Å². The Hall–Kier alpha value is -2.43. The minimum absolute atomic E-state index is 0.250. The first-order valence-electron chi connectivity index (χ1n) is 6.91. The molecule has 0 aliphatic carbocycles. The Morgan fingerprint density at radius 1 is 1.09 bits per heavy atom. The molecule has 1 unspecified atom stereocenters. The molecule has 2 aromatic rings. The number of rotatable bonds is 4. The summed E-state index contributed by atoms with van der Waals surface area (Å²) in [4.78, 5) is 14.1. The van der Waals surface area contributed by atoms with E-state index in [1.807, 2.05) is 31.1 Å². The lowest BCUT2D eigenvalue weighted by Gasteiger charge is -2.16. The Bertz CT molecular complexity index is 669. The Labute approximate surface area is 128 Å². The van der Waals surface area contributed by atoms with Crippen LogP contribution >= 0.6 is 0 Å². The molecule has 0 saturated heterocycles. The van der Waals surface area contributed by atoms with Crippen molar-refractivity contribution in [3.05, 3.63) is 65.2 Å². The topological polar surface area (TPSA) is 32.3 Å². The van der Waals surface area contributed by atoms with Crippen LogP contribution in [0.15, 0.2) is 42.5 Å². The van der Waals surface area contributed by atoms with Crippen LogP contribution < -0.4 is 10.2 Å². The van der Waals surface area contributed by atoms with Crippen molar-refractivity contribution < 1.29 is 13.6 Å². The van der Waals surface area contributed by atoms with Crippen molar-refractivity contribution in [3.8, 4) is 0 Å². The summed E-state index contributed by atoms with van der Waals surface area (Å²) in [5.41, 5.74) is 1.72. The van der Waals surface area contributed by atoms with E-state index in [-0.39, 0.29) is 11.5 Å². The zero-order valence-corrected chi connectivity index (χ0v) is 12.7. The lowest BCUT2D eigenvalue weighted by molar-refractivity contribution is 0.0939. The molecule has 5 heteroatoms. The number of carbonyl (C=O) groups excluding carboxylic acids is 1. The predicted octanol–water partition coefficient (Wildman–Crippen LogP) is 3.52. The number of carbonyl (C=O) groups is 1. The fourth-order valence-corrected chi connectivity index (χ4v) is 2.12. The van der Waals surface area contributed by atoms with Crippen molar-refractivity contribution in [1.29, 1.82) is 0 Å². The zero-order chi connectivity index (χ0) is 16.3. The minimum Gasteiger partial charge on any atom is -0.378 e. The van der Waals surface area contributed by atoms with E-state index in [4.69, 9.17) is 0 Å². The summed E-state index contributed by atoms with van der Waals surface area (Å²) in [5.74, 6) is -1.61. The van der Waals surface area contributed by atoms with Crippen molar-refractivity contribution in [2.45, 2.75) is 13.0 Å². The van der Waals surface area contributed by atoms with Gasteiger partial charge in [-0.1, -0.05) is 6.07 Å². The van der Waals surface area contributed by atoms with Crippen molar-refractivity contribution in [2.75, 3.05) is 19.0 Å². The maximum absolute atomic E-state index is 13.7. The van der Waals surface area contributed by atoms with Gasteiger partial charge in [0.2, 0.25) is 0 Å². The first-order chi connectivity index (χ1) is 10.4. The van der Waals surface area contributed by atoms with Crippen molar-refractivity contribution in [2.24, 2.45) is 0 Å². The molecule has 3 nitrogen and oxygen atoms in total. The molecule has 2 aromatic carbocycles. The van der Waals surface area contributed by atoms with Gasteiger partial charge in [-0.15, -0.1) is 0 Å². The molecule has 0 heterocycles. The third-order valence-electron chi connectivity index (χ3n) is 3.42. The second kappa shape index (κ2) is 6.56. The molecule has 0 aromatic heterocycles. The number of amides is 1. The molecule has 2 rings (SSSR count). The van der Waals surface area contributed by atoms with Gasteiger partial charge in [-0.05, 0) is 37.3 Å². The second-order valence-corrected chi connectivity index (χ2v) is 5.30. The quantitative estimate of drug-likeness (QED) is 0.937. The molecule has 0 fully saturated rings. The second-order valence-electron chi connectivity index (χ2n) is 5.30. The highest BCUT2D eigenvalue weighted by atomic mass is 19.1. The highest BCUT2D eigenvalue weighted by molar-refractivity contribution is 5.94. The summed E-state index contributed by atoms with van der Waals surface area (Å²) >= 11 is 0. The van der Waals surface area contributed by atoms with Crippen molar-refractivity contribution in [3.63, 3.8) is 0 Å². The van der Waals surface area contributed by atoms with E-state index in [1.165, 1.54) is 12.1 Å². The minimum atomic E-state index is -0.671. The van der Waals surface area contributed by atoms with E-state index < -0.39 is 17.7 Å². The zero-order valence-electron chi connectivity index (χ0n) is 12.7. The molecule has 0 aliphatic rings. The van der Waals surface area contributed by atoms with Gasteiger partial charge < -0.3 is 10.2 Å². The van der Waals surface area contributed by atoms with Crippen LogP contribution in [-0.2, 0) is 0 Å². The standard InChI is InChI=1S/C17H18F2N2O/c1-11(15-9-6-13(18)10-16(15)19)20-17(22)12-4-7-14(8-5-12)21(2)3/h4-11H,1-3H3,(H,20,22). The van der Waals surface area contributed by atoms with Crippen LogP contribution in [0, 0.1) is 11.6 Å². The number of nitrogens with one attached hydrogen (secondary N) is 1. The van der Waals surface area contributed by atoms with E-state index in [0.717, 1.165) is 11.8 Å². The smallest absolute Gasteiger partial charge is 0.251 e.